The molecule has 1 aliphatic rings. The molecule has 6 heteroatoms. The van der Waals surface area contributed by atoms with E-state index >= 15 is 0 Å². The number of para-hydroxylation sites is 1. The molecule has 128 valence electrons. The molecule has 1 fully saturated rings. The lowest BCUT2D eigenvalue weighted by Gasteiger charge is -2.25. The van der Waals surface area contributed by atoms with E-state index in [4.69, 9.17) is 4.74 Å². The summed E-state index contributed by atoms with van der Waals surface area (Å²) in [7, 11) is 0. The van der Waals surface area contributed by atoms with E-state index in [1.54, 1.807) is 25.0 Å². The van der Waals surface area contributed by atoms with Crippen molar-refractivity contribution in [1.82, 2.24) is 24.6 Å². The van der Waals surface area contributed by atoms with Crippen molar-refractivity contribution in [2.75, 3.05) is 6.54 Å². The van der Waals surface area contributed by atoms with Gasteiger partial charge in [-0.3, -0.25) is 14.6 Å². The normalized spacial score (nSPS) is 17.7. The summed E-state index contributed by atoms with van der Waals surface area (Å²) in [6, 6.07) is 12.5. The summed E-state index contributed by atoms with van der Waals surface area (Å²) in [6.07, 6.45) is 9.26. The predicted molar refractivity (Wildman–Crippen MR) is 94.2 cm³/mol. The van der Waals surface area contributed by atoms with Gasteiger partial charge >= 0.3 is 0 Å². The molecular weight excluding hydrogens is 314 g/mol. The summed E-state index contributed by atoms with van der Waals surface area (Å²) in [4.78, 5) is 10.7. The van der Waals surface area contributed by atoms with Crippen LogP contribution < -0.4 is 4.74 Å². The van der Waals surface area contributed by atoms with Gasteiger partial charge in [0.2, 0.25) is 0 Å². The second kappa shape index (κ2) is 7.44. The van der Waals surface area contributed by atoms with Gasteiger partial charge in [-0.15, -0.1) is 0 Å². The van der Waals surface area contributed by atoms with Crippen LogP contribution in [0.3, 0.4) is 0 Å². The minimum atomic E-state index is 0.480. The Kier molecular flexibility index (Phi) is 4.70. The maximum absolute atomic E-state index is 6.04. The van der Waals surface area contributed by atoms with Gasteiger partial charge in [-0.2, -0.15) is 5.10 Å². The van der Waals surface area contributed by atoms with Gasteiger partial charge in [0, 0.05) is 24.3 Å². The molecule has 1 saturated heterocycles. The minimum Gasteiger partial charge on any atom is -0.455 e. The molecule has 6 nitrogen and oxygen atoms in total. The molecule has 0 bridgehead atoms. The molecule has 4 rings (SSSR count). The number of hydrogen-bond acceptors (Lipinski definition) is 5. The predicted octanol–water partition coefficient (Wildman–Crippen LogP) is 3.13. The van der Waals surface area contributed by atoms with Crippen molar-refractivity contribution < 1.29 is 4.74 Å². The van der Waals surface area contributed by atoms with Crippen molar-refractivity contribution >= 4 is 0 Å². The van der Waals surface area contributed by atoms with Crippen LogP contribution in [0.15, 0.2) is 61.4 Å². The van der Waals surface area contributed by atoms with Crippen LogP contribution in [0.4, 0.5) is 0 Å². The molecule has 0 aliphatic carbocycles. The summed E-state index contributed by atoms with van der Waals surface area (Å²) >= 11 is 0. The quantitative estimate of drug-likeness (QED) is 0.693. The number of nitrogens with zero attached hydrogens (tertiary/aromatic N) is 5. The van der Waals surface area contributed by atoms with Crippen molar-refractivity contribution in [1.29, 1.82) is 0 Å². The first kappa shape index (κ1) is 15.8. The fraction of sp³-hybridized carbons (Fsp3) is 0.316. The third kappa shape index (κ3) is 3.85. The third-order valence-corrected chi connectivity index (χ3v) is 4.57. The zero-order valence-electron chi connectivity index (χ0n) is 14.0. The number of ether oxygens (including phenoxy) is 1. The summed E-state index contributed by atoms with van der Waals surface area (Å²) < 4.78 is 7.96. The molecule has 1 aliphatic heterocycles. The Morgan fingerprint density at radius 2 is 2.08 bits per heavy atom. The van der Waals surface area contributed by atoms with Crippen molar-refractivity contribution in [3.63, 3.8) is 0 Å². The molecule has 1 aromatic carbocycles. The molecule has 3 aromatic rings. The zero-order chi connectivity index (χ0) is 16.9. The number of likely N-dealkylation sites (tertiary alicyclic amines) is 1. The van der Waals surface area contributed by atoms with Gasteiger partial charge in [-0.1, -0.05) is 18.2 Å². The van der Waals surface area contributed by atoms with Crippen molar-refractivity contribution in [2.45, 2.75) is 32.0 Å². The highest BCUT2D eigenvalue weighted by Crippen LogP contribution is 2.28. The lowest BCUT2D eigenvalue weighted by atomic mass is 10.1. The highest BCUT2D eigenvalue weighted by Gasteiger charge is 2.25. The second-order valence-electron chi connectivity index (χ2n) is 6.28. The van der Waals surface area contributed by atoms with Gasteiger partial charge in [0.25, 0.3) is 0 Å². The van der Waals surface area contributed by atoms with Gasteiger partial charge < -0.3 is 4.74 Å². The Morgan fingerprint density at radius 3 is 2.92 bits per heavy atom. The summed E-state index contributed by atoms with van der Waals surface area (Å²) in [6.45, 7) is 2.85. The number of benzene rings is 1. The molecule has 0 amide bonds. The molecule has 25 heavy (non-hydrogen) atoms. The largest absolute Gasteiger partial charge is 0.455 e. The van der Waals surface area contributed by atoms with E-state index in [1.165, 1.54) is 18.4 Å². The first-order valence-corrected chi connectivity index (χ1v) is 8.61. The van der Waals surface area contributed by atoms with E-state index in [1.807, 2.05) is 28.9 Å². The van der Waals surface area contributed by atoms with E-state index in [-0.39, 0.29) is 0 Å². The summed E-state index contributed by atoms with van der Waals surface area (Å²) in [5.74, 6) is 1.65. The smallest absolute Gasteiger partial charge is 0.145 e. The Morgan fingerprint density at radius 1 is 1.12 bits per heavy atom. The van der Waals surface area contributed by atoms with Crippen molar-refractivity contribution in [2.24, 2.45) is 0 Å². The molecule has 0 spiro atoms. The first-order chi connectivity index (χ1) is 12.4. The Hall–Kier alpha value is -2.73. The summed E-state index contributed by atoms with van der Waals surface area (Å²) in [5.41, 5.74) is 1.19. The van der Waals surface area contributed by atoms with Crippen LogP contribution in [0.25, 0.3) is 0 Å². The van der Waals surface area contributed by atoms with Crippen LogP contribution in [0.2, 0.25) is 0 Å². The topological polar surface area (TPSA) is 56.1 Å². The maximum atomic E-state index is 6.04. The second-order valence-corrected chi connectivity index (χ2v) is 6.28. The Balaban J connectivity index is 1.48. The SMILES string of the molecule is c1cncc(Oc2ccccc2CN2CCC[C@@H]2Cn2cncn2)c1. The fourth-order valence-electron chi connectivity index (χ4n) is 3.34. The molecule has 2 aromatic heterocycles. The zero-order valence-corrected chi connectivity index (χ0v) is 14.0. The molecule has 0 N–H and O–H groups in total. The van der Waals surface area contributed by atoms with Crippen LogP contribution >= 0.6 is 0 Å². The van der Waals surface area contributed by atoms with Crippen LogP contribution in [0.5, 0.6) is 11.5 Å². The third-order valence-electron chi connectivity index (χ3n) is 4.57. The molecule has 0 saturated carbocycles. The molecule has 1 atom stereocenters. The van der Waals surface area contributed by atoms with Crippen LogP contribution in [0, 0.1) is 0 Å². The highest BCUT2D eigenvalue weighted by molar-refractivity contribution is 5.37. The molecular formula is C19H21N5O. The monoisotopic (exact) mass is 335 g/mol. The van der Waals surface area contributed by atoms with Gasteiger partial charge in [-0.05, 0) is 37.6 Å². The van der Waals surface area contributed by atoms with Gasteiger partial charge in [0.15, 0.2) is 0 Å². The van der Waals surface area contributed by atoms with Crippen LogP contribution in [-0.4, -0.2) is 37.2 Å². The summed E-state index contributed by atoms with van der Waals surface area (Å²) in [5, 5.41) is 4.24. The van der Waals surface area contributed by atoms with Crippen LogP contribution in [-0.2, 0) is 13.1 Å². The average molecular weight is 335 g/mol. The van der Waals surface area contributed by atoms with Crippen molar-refractivity contribution in [3.05, 3.63) is 67.0 Å². The molecule has 3 heterocycles. The first-order valence-electron chi connectivity index (χ1n) is 8.61. The lowest BCUT2D eigenvalue weighted by Crippen LogP contribution is -2.32. The Bertz CT molecular complexity index is 791. The number of rotatable bonds is 6. The maximum Gasteiger partial charge on any atom is 0.145 e. The van der Waals surface area contributed by atoms with E-state index in [0.29, 0.717) is 6.04 Å². The van der Waals surface area contributed by atoms with Crippen molar-refractivity contribution in [3.8, 4) is 11.5 Å². The minimum absolute atomic E-state index is 0.480. The van der Waals surface area contributed by atoms with Crippen LogP contribution in [0.1, 0.15) is 18.4 Å². The van der Waals surface area contributed by atoms with E-state index in [9.17, 15) is 0 Å². The number of hydrogen-bond donors (Lipinski definition) is 0. The molecule has 0 unspecified atom stereocenters. The van der Waals surface area contributed by atoms with E-state index < -0.39 is 0 Å². The van der Waals surface area contributed by atoms with Gasteiger partial charge in [0.1, 0.15) is 24.2 Å². The fourth-order valence-corrected chi connectivity index (χ4v) is 3.34. The van der Waals surface area contributed by atoms with E-state index in [2.05, 4.69) is 32.1 Å². The lowest BCUT2D eigenvalue weighted by molar-refractivity contribution is 0.217. The standard InChI is InChI=1S/C19H21N5O/c1-2-8-19(25-18-7-3-9-20-11-18)16(5-1)12-23-10-4-6-17(23)13-24-15-21-14-22-24/h1-3,5,7-9,11,14-15,17H,4,6,10,12-13H2/t17-/m1/s1. The van der Waals surface area contributed by atoms with E-state index in [0.717, 1.165) is 31.1 Å². The Labute approximate surface area is 147 Å². The average Bonchev–Trinajstić information content (AvgIpc) is 3.31. The van der Waals surface area contributed by atoms with Gasteiger partial charge in [-0.25, -0.2) is 4.98 Å². The highest BCUT2D eigenvalue weighted by atomic mass is 16.5. The van der Waals surface area contributed by atoms with Gasteiger partial charge in [0.05, 0.1) is 12.7 Å². The number of aromatic nitrogens is 4. The number of pyridine rings is 1. The molecule has 0 radical (unpaired) electrons.